The predicted octanol–water partition coefficient (Wildman–Crippen LogP) is 4.18. The van der Waals surface area contributed by atoms with E-state index in [1.165, 1.54) is 6.42 Å². The fraction of sp³-hybridized carbons (Fsp3) is 0.294. The smallest absolute Gasteiger partial charge is 0.131 e. The highest BCUT2D eigenvalue weighted by Gasteiger charge is 2.45. The van der Waals surface area contributed by atoms with Crippen molar-refractivity contribution in [2.24, 2.45) is 11.8 Å². The highest BCUT2D eigenvalue weighted by Crippen LogP contribution is 2.46. The number of hydrogen-bond acceptors (Lipinski definition) is 3. The van der Waals surface area contributed by atoms with Crippen LogP contribution in [0.3, 0.4) is 0 Å². The molecule has 2 aliphatic rings. The predicted molar refractivity (Wildman–Crippen MR) is 92.7 cm³/mol. The van der Waals surface area contributed by atoms with Gasteiger partial charge in [0.2, 0.25) is 0 Å². The van der Waals surface area contributed by atoms with E-state index in [0.717, 1.165) is 47.3 Å². The SMILES string of the molecule is Clc1ccc2c(-n3ccnc3)cc(N3C[C@H]4C[C@H]4C3)nc2c1Cl. The Morgan fingerprint density at radius 3 is 2.70 bits per heavy atom. The normalized spacial score (nSPS) is 22.6. The summed E-state index contributed by atoms with van der Waals surface area (Å²) >= 11 is 12.6. The number of fused-ring (bicyclic) bond motifs is 2. The molecule has 0 unspecified atom stereocenters. The van der Waals surface area contributed by atoms with E-state index in [2.05, 4.69) is 16.0 Å². The Labute approximate surface area is 143 Å². The molecule has 0 radical (unpaired) electrons. The first-order valence-corrected chi connectivity index (χ1v) is 8.48. The number of nitrogens with zero attached hydrogens (tertiary/aromatic N) is 4. The molecule has 6 heteroatoms. The van der Waals surface area contributed by atoms with Gasteiger partial charge in [-0.15, -0.1) is 0 Å². The van der Waals surface area contributed by atoms with Crippen molar-refractivity contribution in [3.63, 3.8) is 0 Å². The van der Waals surface area contributed by atoms with Gasteiger partial charge in [0.15, 0.2) is 0 Å². The van der Waals surface area contributed by atoms with E-state index in [9.17, 15) is 0 Å². The number of hydrogen-bond donors (Lipinski definition) is 0. The lowest BCUT2D eigenvalue weighted by molar-refractivity contribution is 0.807. The number of pyridine rings is 1. The zero-order valence-electron chi connectivity index (χ0n) is 12.3. The summed E-state index contributed by atoms with van der Waals surface area (Å²) in [5, 5.41) is 2.02. The summed E-state index contributed by atoms with van der Waals surface area (Å²) in [5.74, 6) is 2.66. The Hall–Kier alpha value is -1.78. The highest BCUT2D eigenvalue weighted by molar-refractivity contribution is 6.45. The van der Waals surface area contributed by atoms with E-state index in [0.29, 0.717) is 10.0 Å². The van der Waals surface area contributed by atoms with Crippen LogP contribution in [0.2, 0.25) is 10.0 Å². The van der Waals surface area contributed by atoms with Gasteiger partial charge in [0.1, 0.15) is 5.82 Å². The van der Waals surface area contributed by atoms with Gasteiger partial charge in [0, 0.05) is 36.9 Å². The van der Waals surface area contributed by atoms with Gasteiger partial charge in [-0.3, -0.25) is 0 Å². The number of imidazole rings is 1. The van der Waals surface area contributed by atoms with Gasteiger partial charge in [0.05, 0.1) is 27.6 Å². The van der Waals surface area contributed by atoms with Crippen LogP contribution in [0.5, 0.6) is 0 Å². The molecule has 1 aromatic carbocycles. The Morgan fingerprint density at radius 2 is 1.96 bits per heavy atom. The van der Waals surface area contributed by atoms with Crippen molar-refractivity contribution in [1.29, 1.82) is 0 Å². The average molecular weight is 345 g/mol. The van der Waals surface area contributed by atoms with Gasteiger partial charge in [-0.2, -0.15) is 0 Å². The maximum Gasteiger partial charge on any atom is 0.131 e. The van der Waals surface area contributed by atoms with Crippen molar-refractivity contribution in [3.8, 4) is 5.69 Å². The summed E-state index contributed by atoms with van der Waals surface area (Å²) in [7, 11) is 0. The molecule has 0 amide bonds. The molecule has 2 atom stereocenters. The van der Waals surface area contributed by atoms with Crippen LogP contribution in [0.1, 0.15) is 6.42 Å². The lowest BCUT2D eigenvalue weighted by Crippen LogP contribution is -2.23. The van der Waals surface area contributed by atoms with Crippen LogP contribution in [-0.4, -0.2) is 27.6 Å². The maximum absolute atomic E-state index is 6.44. The second-order valence-electron chi connectivity index (χ2n) is 6.39. The van der Waals surface area contributed by atoms with Crippen molar-refractivity contribution >= 4 is 39.9 Å². The second-order valence-corrected chi connectivity index (χ2v) is 7.17. The minimum absolute atomic E-state index is 0.511. The van der Waals surface area contributed by atoms with Gasteiger partial charge in [0.25, 0.3) is 0 Å². The van der Waals surface area contributed by atoms with Gasteiger partial charge >= 0.3 is 0 Å². The molecule has 3 aromatic rings. The number of anilines is 1. The van der Waals surface area contributed by atoms with Crippen LogP contribution in [-0.2, 0) is 0 Å². The third-order valence-corrected chi connectivity index (χ3v) is 5.72. The second kappa shape index (κ2) is 4.86. The molecule has 116 valence electrons. The zero-order chi connectivity index (χ0) is 15.6. The van der Waals surface area contributed by atoms with E-state index in [4.69, 9.17) is 28.2 Å². The quantitative estimate of drug-likeness (QED) is 0.699. The first-order chi connectivity index (χ1) is 11.2. The molecule has 4 nitrogen and oxygen atoms in total. The number of aromatic nitrogens is 3. The highest BCUT2D eigenvalue weighted by atomic mass is 35.5. The minimum Gasteiger partial charge on any atom is -0.356 e. The summed E-state index contributed by atoms with van der Waals surface area (Å²) in [4.78, 5) is 11.3. The van der Waals surface area contributed by atoms with Gasteiger partial charge in [-0.05, 0) is 30.4 Å². The first-order valence-electron chi connectivity index (χ1n) is 7.73. The molecule has 1 aliphatic carbocycles. The Kier molecular flexibility index (Phi) is 2.88. The molecular weight excluding hydrogens is 331 g/mol. The third kappa shape index (κ3) is 2.12. The van der Waals surface area contributed by atoms with Crippen LogP contribution in [0.15, 0.2) is 36.9 Å². The molecule has 0 N–H and O–H groups in total. The number of halogens is 2. The molecule has 0 spiro atoms. The van der Waals surface area contributed by atoms with Crippen LogP contribution in [0, 0.1) is 11.8 Å². The van der Waals surface area contributed by atoms with Crippen LogP contribution >= 0.6 is 23.2 Å². The van der Waals surface area contributed by atoms with Gasteiger partial charge in [-0.1, -0.05) is 23.2 Å². The summed E-state index contributed by atoms with van der Waals surface area (Å²) < 4.78 is 1.99. The maximum atomic E-state index is 6.44. The Bertz CT molecular complexity index is 897. The van der Waals surface area contributed by atoms with Crippen molar-refractivity contribution in [2.75, 3.05) is 18.0 Å². The minimum atomic E-state index is 0.511. The van der Waals surface area contributed by atoms with Crippen molar-refractivity contribution in [1.82, 2.24) is 14.5 Å². The lowest BCUT2D eigenvalue weighted by Gasteiger charge is -2.21. The summed E-state index contributed by atoms with van der Waals surface area (Å²) in [6.07, 6.45) is 6.87. The van der Waals surface area contributed by atoms with Gasteiger partial charge in [-0.25, -0.2) is 9.97 Å². The topological polar surface area (TPSA) is 34.0 Å². The largest absolute Gasteiger partial charge is 0.356 e. The van der Waals surface area contributed by atoms with Crippen molar-refractivity contribution in [3.05, 3.63) is 47.0 Å². The van der Waals surface area contributed by atoms with E-state index in [1.807, 2.05) is 22.9 Å². The zero-order valence-corrected chi connectivity index (χ0v) is 13.8. The summed E-state index contributed by atoms with van der Waals surface area (Å²) in [6.45, 7) is 2.18. The molecule has 2 fully saturated rings. The number of benzene rings is 1. The fourth-order valence-corrected chi connectivity index (χ4v) is 3.92. The van der Waals surface area contributed by atoms with E-state index >= 15 is 0 Å². The molecule has 3 heterocycles. The molecular formula is C17H14Cl2N4. The Morgan fingerprint density at radius 1 is 1.13 bits per heavy atom. The molecule has 1 aliphatic heterocycles. The van der Waals surface area contributed by atoms with Crippen LogP contribution in [0.4, 0.5) is 5.82 Å². The van der Waals surface area contributed by atoms with Gasteiger partial charge < -0.3 is 9.47 Å². The fourth-order valence-electron chi connectivity index (χ4n) is 3.57. The molecule has 2 aromatic heterocycles. The van der Waals surface area contributed by atoms with E-state index in [-0.39, 0.29) is 0 Å². The summed E-state index contributed by atoms with van der Waals surface area (Å²) in [6, 6.07) is 5.91. The average Bonchev–Trinajstić information content (AvgIpc) is 2.98. The number of piperidine rings is 1. The molecule has 0 bridgehead atoms. The molecule has 1 saturated carbocycles. The summed E-state index contributed by atoms with van der Waals surface area (Å²) in [5.41, 5.74) is 1.78. The van der Waals surface area contributed by atoms with Crippen molar-refractivity contribution < 1.29 is 0 Å². The third-order valence-electron chi connectivity index (χ3n) is 4.92. The number of rotatable bonds is 2. The van der Waals surface area contributed by atoms with Crippen molar-refractivity contribution in [2.45, 2.75) is 6.42 Å². The monoisotopic (exact) mass is 344 g/mol. The molecule has 23 heavy (non-hydrogen) atoms. The Balaban J connectivity index is 1.74. The first kappa shape index (κ1) is 13.6. The standard InChI is InChI=1S/C17H14Cl2N4/c18-13-2-1-12-14(22-4-3-20-9-22)6-15(21-17(12)16(13)19)23-7-10-5-11(10)8-23/h1-4,6,9-11H,5,7-8H2/t10-,11+. The lowest BCUT2D eigenvalue weighted by atomic mass is 10.1. The van der Waals surface area contributed by atoms with Crippen LogP contribution < -0.4 is 4.90 Å². The van der Waals surface area contributed by atoms with E-state index < -0.39 is 0 Å². The molecule has 5 rings (SSSR count). The van der Waals surface area contributed by atoms with Crippen LogP contribution in [0.25, 0.3) is 16.6 Å². The van der Waals surface area contributed by atoms with E-state index in [1.54, 1.807) is 12.5 Å². The molecule has 1 saturated heterocycles.